The van der Waals surface area contributed by atoms with Crippen LogP contribution in [0.4, 0.5) is 5.69 Å². The largest absolute Gasteiger partial charge is 0.508 e. The number of anilines is 1. The van der Waals surface area contributed by atoms with Crippen molar-refractivity contribution in [1.29, 1.82) is 0 Å². The molecule has 0 radical (unpaired) electrons. The van der Waals surface area contributed by atoms with Crippen molar-refractivity contribution < 1.29 is 5.11 Å². The fraction of sp³-hybridized carbons (Fsp3) is 0.214. The summed E-state index contributed by atoms with van der Waals surface area (Å²) in [6.07, 6.45) is 2.63. The smallest absolute Gasteiger partial charge is 0.143 e. The summed E-state index contributed by atoms with van der Waals surface area (Å²) in [7, 11) is 0. The summed E-state index contributed by atoms with van der Waals surface area (Å²) < 4.78 is 0.764. The van der Waals surface area contributed by atoms with Gasteiger partial charge in [-0.2, -0.15) is 0 Å². The number of halogens is 2. The molecule has 1 atom stereocenters. The van der Waals surface area contributed by atoms with Crippen LogP contribution < -0.4 is 5.32 Å². The highest BCUT2D eigenvalue weighted by Crippen LogP contribution is 2.27. The van der Waals surface area contributed by atoms with Crippen LogP contribution in [0.15, 0.2) is 41.0 Å². The van der Waals surface area contributed by atoms with Crippen LogP contribution in [0.3, 0.4) is 0 Å². The topological polar surface area (TPSA) is 45.2 Å². The Labute approximate surface area is 125 Å². The number of phenolic OH excluding ortho intramolecular Hbond substituents is 1. The highest BCUT2D eigenvalue weighted by molar-refractivity contribution is 9.10. The van der Waals surface area contributed by atoms with E-state index in [2.05, 4.69) is 33.2 Å². The van der Waals surface area contributed by atoms with E-state index in [0.717, 1.165) is 22.1 Å². The van der Waals surface area contributed by atoms with Gasteiger partial charge in [-0.1, -0.05) is 30.7 Å². The first kappa shape index (κ1) is 14.2. The van der Waals surface area contributed by atoms with Gasteiger partial charge >= 0.3 is 0 Å². The first-order chi connectivity index (χ1) is 9.10. The van der Waals surface area contributed by atoms with Gasteiger partial charge in [-0.3, -0.25) is 0 Å². The van der Waals surface area contributed by atoms with Gasteiger partial charge in [0.1, 0.15) is 10.9 Å². The van der Waals surface area contributed by atoms with Gasteiger partial charge in [0.25, 0.3) is 0 Å². The van der Waals surface area contributed by atoms with Crippen molar-refractivity contribution in [3.8, 4) is 5.75 Å². The second-order valence-electron chi connectivity index (χ2n) is 4.19. The lowest BCUT2D eigenvalue weighted by Gasteiger charge is -2.19. The summed E-state index contributed by atoms with van der Waals surface area (Å²) in [5.74, 6) is 0.273. The van der Waals surface area contributed by atoms with Gasteiger partial charge in [-0.25, -0.2) is 4.98 Å². The molecule has 0 aliphatic carbocycles. The molecule has 1 aromatic heterocycles. The van der Waals surface area contributed by atoms with E-state index < -0.39 is 0 Å². The standard InChI is InChI=1S/C14H14BrClN2O/c1-2-13(9-3-5-11(19)6-4-9)18-10-7-12(15)14(16)17-8-10/h3-8,13,18-19H,2H2,1H3. The maximum atomic E-state index is 9.32. The third kappa shape index (κ3) is 3.61. The lowest BCUT2D eigenvalue weighted by Crippen LogP contribution is -2.09. The average molecular weight is 342 g/mol. The van der Waals surface area contributed by atoms with Crippen LogP contribution in [-0.2, 0) is 0 Å². The van der Waals surface area contributed by atoms with Crippen LogP contribution in [-0.4, -0.2) is 10.1 Å². The number of benzene rings is 1. The summed E-state index contributed by atoms with van der Waals surface area (Å²) in [5.41, 5.74) is 2.02. The van der Waals surface area contributed by atoms with Crippen molar-refractivity contribution in [3.63, 3.8) is 0 Å². The number of phenols is 1. The fourth-order valence-electron chi connectivity index (χ4n) is 1.83. The minimum absolute atomic E-state index is 0.162. The quantitative estimate of drug-likeness (QED) is 0.788. The molecule has 1 aromatic carbocycles. The number of nitrogens with one attached hydrogen (secondary N) is 1. The third-order valence-electron chi connectivity index (χ3n) is 2.84. The fourth-order valence-corrected chi connectivity index (χ4v) is 2.28. The molecular formula is C14H14BrClN2O. The van der Waals surface area contributed by atoms with Crippen molar-refractivity contribution in [2.45, 2.75) is 19.4 Å². The molecule has 100 valence electrons. The Morgan fingerprint density at radius 3 is 2.63 bits per heavy atom. The van der Waals surface area contributed by atoms with Crippen molar-refractivity contribution >= 4 is 33.2 Å². The molecule has 0 bridgehead atoms. The summed E-state index contributed by atoms with van der Waals surface area (Å²) >= 11 is 9.23. The van der Waals surface area contributed by atoms with E-state index in [1.807, 2.05) is 18.2 Å². The molecule has 0 saturated carbocycles. The average Bonchev–Trinajstić information content (AvgIpc) is 2.41. The van der Waals surface area contributed by atoms with Crippen LogP contribution in [0.1, 0.15) is 24.9 Å². The molecular weight excluding hydrogens is 328 g/mol. The molecule has 1 heterocycles. The van der Waals surface area contributed by atoms with Crippen LogP contribution in [0.5, 0.6) is 5.75 Å². The predicted molar refractivity (Wildman–Crippen MR) is 81.7 cm³/mol. The Hall–Kier alpha value is -1.26. The van der Waals surface area contributed by atoms with E-state index in [1.54, 1.807) is 18.3 Å². The number of aromatic hydroxyl groups is 1. The minimum Gasteiger partial charge on any atom is -0.508 e. The lowest BCUT2D eigenvalue weighted by molar-refractivity contribution is 0.475. The zero-order valence-corrected chi connectivity index (χ0v) is 12.7. The van der Waals surface area contributed by atoms with Gasteiger partial charge in [-0.05, 0) is 46.1 Å². The normalized spacial score (nSPS) is 12.2. The maximum absolute atomic E-state index is 9.32. The highest BCUT2D eigenvalue weighted by atomic mass is 79.9. The monoisotopic (exact) mass is 340 g/mol. The third-order valence-corrected chi connectivity index (χ3v) is 3.97. The molecule has 2 N–H and O–H groups in total. The van der Waals surface area contributed by atoms with Crippen molar-refractivity contribution in [3.05, 3.63) is 51.7 Å². The van der Waals surface area contributed by atoms with Gasteiger partial charge < -0.3 is 10.4 Å². The van der Waals surface area contributed by atoms with Crippen LogP contribution >= 0.6 is 27.5 Å². The molecule has 2 rings (SSSR count). The Balaban J connectivity index is 2.18. The number of aromatic nitrogens is 1. The van der Waals surface area contributed by atoms with E-state index in [-0.39, 0.29) is 11.8 Å². The first-order valence-corrected chi connectivity index (χ1v) is 7.13. The van der Waals surface area contributed by atoms with E-state index >= 15 is 0 Å². The molecule has 0 saturated heterocycles. The van der Waals surface area contributed by atoms with Crippen LogP contribution in [0.25, 0.3) is 0 Å². The molecule has 3 nitrogen and oxygen atoms in total. The van der Waals surface area contributed by atoms with Gasteiger partial charge in [-0.15, -0.1) is 0 Å². The maximum Gasteiger partial charge on any atom is 0.143 e. The number of rotatable bonds is 4. The van der Waals surface area contributed by atoms with Gasteiger partial charge in [0.15, 0.2) is 0 Å². The lowest BCUT2D eigenvalue weighted by atomic mass is 10.0. The summed E-state index contributed by atoms with van der Waals surface area (Å²) in [5, 5.41) is 13.2. The summed E-state index contributed by atoms with van der Waals surface area (Å²) in [6.45, 7) is 2.10. The van der Waals surface area contributed by atoms with Gasteiger partial charge in [0.2, 0.25) is 0 Å². The minimum atomic E-state index is 0.162. The Morgan fingerprint density at radius 2 is 2.05 bits per heavy atom. The number of hydrogen-bond acceptors (Lipinski definition) is 3. The van der Waals surface area contributed by atoms with E-state index in [9.17, 15) is 5.11 Å². The second-order valence-corrected chi connectivity index (χ2v) is 5.41. The van der Waals surface area contributed by atoms with Crippen molar-refractivity contribution in [2.24, 2.45) is 0 Å². The molecule has 5 heteroatoms. The molecule has 1 unspecified atom stereocenters. The van der Waals surface area contributed by atoms with Crippen molar-refractivity contribution in [2.75, 3.05) is 5.32 Å². The predicted octanol–water partition coefficient (Wildman–Crippen LogP) is 4.77. The van der Waals surface area contributed by atoms with Crippen LogP contribution in [0.2, 0.25) is 5.15 Å². The molecule has 0 fully saturated rings. The van der Waals surface area contributed by atoms with E-state index in [1.165, 1.54) is 0 Å². The zero-order valence-electron chi connectivity index (χ0n) is 10.4. The van der Waals surface area contributed by atoms with Gasteiger partial charge in [0.05, 0.1) is 22.4 Å². The SMILES string of the molecule is CCC(Nc1cnc(Cl)c(Br)c1)c1ccc(O)cc1. The second kappa shape index (κ2) is 6.26. The highest BCUT2D eigenvalue weighted by Gasteiger charge is 2.10. The number of hydrogen-bond donors (Lipinski definition) is 2. The first-order valence-electron chi connectivity index (χ1n) is 5.96. The number of nitrogens with zero attached hydrogens (tertiary/aromatic N) is 1. The van der Waals surface area contributed by atoms with E-state index in [4.69, 9.17) is 11.6 Å². The molecule has 0 aliphatic rings. The number of pyridine rings is 1. The Morgan fingerprint density at radius 1 is 1.37 bits per heavy atom. The Bertz CT molecular complexity index is 560. The summed E-state index contributed by atoms with van der Waals surface area (Å²) in [4.78, 5) is 4.09. The molecule has 2 aromatic rings. The molecule has 0 spiro atoms. The van der Waals surface area contributed by atoms with Crippen molar-refractivity contribution in [1.82, 2.24) is 4.98 Å². The molecule has 19 heavy (non-hydrogen) atoms. The zero-order chi connectivity index (χ0) is 13.8. The molecule has 0 aliphatic heterocycles. The van der Waals surface area contributed by atoms with Crippen LogP contribution in [0, 0.1) is 0 Å². The summed E-state index contributed by atoms with van der Waals surface area (Å²) in [6, 6.07) is 9.27. The molecule has 0 amide bonds. The van der Waals surface area contributed by atoms with Gasteiger partial charge in [0, 0.05) is 0 Å². The Kier molecular flexibility index (Phi) is 4.66. The van der Waals surface area contributed by atoms with E-state index in [0.29, 0.717) is 5.15 Å².